The first-order valence-electron chi connectivity index (χ1n) is 4.77. The van der Waals surface area contributed by atoms with Crippen LogP contribution in [0.25, 0.3) is 0 Å². The Kier molecular flexibility index (Phi) is 3.20. The van der Waals surface area contributed by atoms with Crippen molar-refractivity contribution in [2.75, 3.05) is 5.32 Å². The van der Waals surface area contributed by atoms with Gasteiger partial charge in [-0.3, -0.25) is 9.59 Å². The summed E-state index contributed by atoms with van der Waals surface area (Å²) in [7, 11) is 0. The highest BCUT2D eigenvalue weighted by atomic mass is 35.5. The first-order chi connectivity index (χ1) is 8.15. The predicted octanol–water partition coefficient (Wildman–Crippen LogP) is 1.68. The van der Waals surface area contributed by atoms with Gasteiger partial charge in [-0.25, -0.2) is 4.98 Å². The Morgan fingerprint density at radius 1 is 1.35 bits per heavy atom. The monoisotopic (exact) mass is 249 g/mol. The van der Waals surface area contributed by atoms with E-state index in [2.05, 4.69) is 15.3 Å². The third kappa shape index (κ3) is 2.92. The van der Waals surface area contributed by atoms with Crippen LogP contribution in [-0.2, 0) is 0 Å². The molecule has 5 nitrogen and oxygen atoms in total. The van der Waals surface area contributed by atoms with Crippen LogP contribution in [-0.4, -0.2) is 15.9 Å². The molecule has 2 aromatic heterocycles. The largest absolute Gasteiger partial charge is 0.329 e. The van der Waals surface area contributed by atoms with E-state index in [1.165, 1.54) is 24.5 Å². The van der Waals surface area contributed by atoms with Gasteiger partial charge in [-0.2, -0.15) is 0 Å². The van der Waals surface area contributed by atoms with Gasteiger partial charge in [0.2, 0.25) is 5.56 Å². The summed E-state index contributed by atoms with van der Waals surface area (Å²) in [5, 5.41) is 3.04. The van der Waals surface area contributed by atoms with Crippen LogP contribution in [0.5, 0.6) is 0 Å². The van der Waals surface area contributed by atoms with E-state index in [1.807, 2.05) is 0 Å². The van der Waals surface area contributed by atoms with Crippen molar-refractivity contribution >= 4 is 23.3 Å². The van der Waals surface area contributed by atoms with E-state index in [0.717, 1.165) is 0 Å². The van der Waals surface area contributed by atoms with E-state index in [1.54, 1.807) is 12.1 Å². The predicted molar refractivity (Wildman–Crippen MR) is 64.3 cm³/mol. The third-order valence-electron chi connectivity index (χ3n) is 2.01. The number of amides is 1. The third-order valence-corrected chi connectivity index (χ3v) is 2.23. The average Bonchev–Trinajstić information content (AvgIpc) is 2.32. The standard InChI is InChI=1S/C11H8ClN3O2/c12-8-1-2-9(14-6-8)15-11(17)7-3-4-13-10(16)5-7/h1-6H,(H,13,16)(H,14,15,17). The molecule has 2 rings (SSSR count). The lowest BCUT2D eigenvalue weighted by Gasteiger charge is -2.03. The van der Waals surface area contributed by atoms with Crippen LogP contribution >= 0.6 is 11.6 Å². The summed E-state index contributed by atoms with van der Waals surface area (Å²) in [6, 6.07) is 5.91. The number of hydrogen-bond donors (Lipinski definition) is 2. The summed E-state index contributed by atoms with van der Waals surface area (Å²) >= 11 is 5.67. The normalized spacial score (nSPS) is 9.94. The number of aromatic nitrogens is 2. The SMILES string of the molecule is O=C(Nc1ccc(Cl)cn1)c1cc[nH]c(=O)c1. The van der Waals surface area contributed by atoms with Crippen LogP contribution in [0.15, 0.2) is 41.5 Å². The summed E-state index contributed by atoms with van der Waals surface area (Å²) in [6.45, 7) is 0. The molecule has 1 amide bonds. The van der Waals surface area contributed by atoms with Crippen LogP contribution < -0.4 is 10.9 Å². The van der Waals surface area contributed by atoms with E-state index in [0.29, 0.717) is 10.8 Å². The molecule has 0 aliphatic heterocycles. The zero-order valence-electron chi connectivity index (χ0n) is 8.61. The minimum atomic E-state index is -0.397. The maximum absolute atomic E-state index is 11.7. The first-order valence-corrected chi connectivity index (χ1v) is 5.14. The molecular weight excluding hydrogens is 242 g/mol. The van der Waals surface area contributed by atoms with Crippen molar-refractivity contribution in [3.8, 4) is 0 Å². The van der Waals surface area contributed by atoms with E-state index < -0.39 is 5.91 Å². The van der Waals surface area contributed by atoms with Crippen LogP contribution in [0.1, 0.15) is 10.4 Å². The van der Waals surface area contributed by atoms with Crippen molar-refractivity contribution in [2.24, 2.45) is 0 Å². The zero-order chi connectivity index (χ0) is 12.3. The second-order valence-electron chi connectivity index (χ2n) is 3.26. The Hall–Kier alpha value is -2.14. The molecule has 2 aromatic rings. The number of nitrogens with zero attached hydrogens (tertiary/aromatic N) is 1. The number of anilines is 1. The van der Waals surface area contributed by atoms with Crippen molar-refractivity contribution in [3.05, 3.63) is 57.6 Å². The van der Waals surface area contributed by atoms with Crippen LogP contribution in [0.4, 0.5) is 5.82 Å². The number of rotatable bonds is 2. The molecule has 0 saturated carbocycles. The Morgan fingerprint density at radius 2 is 2.18 bits per heavy atom. The molecule has 0 radical (unpaired) electrons. The number of pyridine rings is 2. The molecule has 0 aliphatic rings. The summed E-state index contributed by atoms with van der Waals surface area (Å²) in [6.07, 6.45) is 2.83. The minimum Gasteiger partial charge on any atom is -0.329 e. The number of carbonyl (C=O) groups is 1. The van der Waals surface area contributed by atoms with E-state index in [-0.39, 0.29) is 11.1 Å². The molecule has 0 fully saturated rings. The molecule has 0 bridgehead atoms. The fourth-order valence-electron chi connectivity index (χ4n) is 1.22. The molecular formula is C11H8ClN3O2. The number of hydrogen-bond acceptors (Lipinski definition) is 3. The maximum Gasteiger partial charge on any atom is 0.257 e. The molecule has 0 saturated heterocycles. The lowest BCUT2D eigenvalue weighted by molar-refractivity contribution is 0.102. The molecule has 86 valence electrons. The minimum absolute atomic E-state index is 0.269. The molecule has 0 unspecified atom stereocenters. The molecule has 0 atom stereocenters. The Morgan fingerprint density at radius 3 is 2.82 bits per heavy atom. The maximum atomic E-state index is 11.7. The number of H-pyrrole nitrogens is 1. The van der Waals surface area contributed by atoms with E-state index >= 15 is 0 Å². The average molecular weight is 250 g/mol. The van der Waals surface area contributed by atoms with Gasteiger partial charge in [-0.05, 0) is 18.2 Å². The van der Waals surface area contributed by atoms with Crippen molar-refractivity contribution in [1.29, 1.82) is 0 Å². The lowest BCUT2D eigenvalue weighted by Crippen LogP contribution is -2.16. The highest BCUT2D eigenvalue weighted by Gasteiger charge is 2.06. The van der Waals surface area contributed by atoms with Gasteiger partial charge in [0.25, 0.3) is 5.91 Å². The van der Waals surface area contributed by atoms with Crippen molar-refractivity contribution in [1.82, 2.24) is 9.97 Å². The molecule has 2 N–H and O–H groups in total. The fraction of sp³-hybridized carbons (Fsp3) is 0. The fourth-order valence-corrected chi connectivity index (χ4v) is 1.34. The van der Waals surface area contributed by atoms with Crippen molar-refractivity contribution < 1.29 is 4.79 Å². The van der Waals surface area contributed by atoms with Gasteiger partial charge < -0.3 is 10.3 Å². The number of nitrogens with one attached hydrogen (secondary N) is 2. The Bertz CT molecular complexity index is 592. The molecule has 0 aliphatic carbocycles. The van der Waals surface area contributed by atoms with Crippen molar-refractivity contribution in [2.45, 2.75) is 0 Å². The molecule has 0 aromatic carbocycles. The molecule has 0 spiro atoms. The van der Waals surface area contributed by atoms with Gasteiger partial charge in [-0.15, -0.1) is 0 Å². The summed E-state index contributed by atoms with van der Waals surface area (Å²) in [5.41, 5.74) is -0.0628. The van der Waals surface area contributed by atoms with E-state index in [9.17, 15) is 9.59 Å². The van der Waals surface area contributed by atoms with E-state index in [4.69, 9.17) is 11.6 Å². The van der Waals surface area contributed by atoms with Gasteiger partial charge in [0.05, 0.1) is 5.02 Å². The number of aromatic amines is 1. The second-order valence-corrected chi connectivity index (χ2v) is 3.69. The molecule has 6 heteroatoms. The zero-order valence-corrected chi connectivity index (χ0v) is 9.36. The lowest BCUT2D eigenvalue weighted by atomic mass is 10.2. The van der Waals surface area contributed by atoms with Crippen molar-refractivity contribution in [3.63, 3.8) is 0 Å². The quantitative estimate of drug-likeness (QED) is 0.850. The summed E-state index contributed by atoms with van der Waals surface area (Å²) < 4.78 is 0. The molecule has 2 heterocycles. The number of carbonyl (C=O) groups excluding carboxylic acids is 1. The topological polar surface area (TPSA) is 74.8 Å². The highest BCUT2D eigenvalue weighted by Crippen LogP contribution is 2.10. The smallest absolute Gasteiger partial charge is 0.257 e. The van der Waals surface area contributed by atoms with Gasteiger partial charge in [-0.1, -0.05) is 11.6 Å². The number of halogens is 1. The first kappa shape index (κ1) is 11.3. The van der Waals surface area contributed by atoms with Gasteiger partial charge >= 0.3 is 0 Å². The van der Waals surface area contributed by atoms with Gasteiger partial charge in [0.15, 0.2) is 0 Å². The van der Waals surface area contributed by atoms with Gasteiger partial charge in [0, 0.05) is 24.0 Å². The van der Waals surface area contributed by atoms with Crippen LogP contribution in [0.2, 0.25) is 5.02 Å². The Balaban J connectivity index is 2.17. The summed E-state index contributed by atoms with van der Waals surface area (Å²) in [4.78, 5) is 29.1. The summed E-state index contributed by atoms with van der Waals surface area (Å²) in [5.74, 6) is -0.0226. The van der Waals surface area contributed by atoms with Crippen LogP contribution in [0.3, 0.4) is 0 Å². The highest BCUT2D eigenvalue weighted by molar-refractivity contribution is 6.30. The van der Waals surface area contributed by atoms with Gasteiger partial charge in [0.1, 0.15) is 5.82 Å². The second kappa shape index (κ2) is 4.80. The van der Waals surface area contributed by atoms with Crippen LogP contribution in [0, 0.1) is 0 Å². The Labute approximate surface area is 101 Å². The molecule has 17 heavy (non-hydrogen) atoms.